The molecule has 0 radical (unpaired) electrons. The second kappa shape index (κ2) is 60.7. The molecule has 12 nitrogen and oxygen atoms in total. The smallest absolute Gasteiger partial charge is 0.410 e. The van der Waals surface area contributed by atoms with Crippen molar-refractivity contribution in [1.82, 2.24) is 10.2 Å². The van der Waals surface area contributed by atoms with Gasteiger partial charge in [0.25, 0.3) is 0 Å². The van der Waals surface area contributed by atoms with Gasteiger partial charge in [0.2, 0.25) is 0 Å². The van der Waals surface area contributed by atoms with Crippen molar-refractivity contribution in [2.24, 2.45) is 0 Å². The third-order valence-corrected chi connectivity index (χ3v) is 15.6. The highest BCUT2D eigenvalue weighted by molar-refractivity contribution is 5.90. The number of nitrogens with one attached hydrogen (secondary N) is 1. The second-order valence-corrected chi connectivity index (χ2v) is 25.4. The van der Waals surface area contributed by atoms with Gasteiger partial charge in [0.15, 0.2) is 0 Å². The Morgan fingerprint density at radius 3 is 1.14 bits per heavy atom. The Balaban J connectivity index is 0.000000921. The summed E-state index contributed by atoms with van der Waals surface area (Å²) in [5.41, 5.74) is 2.94. The number of esters is 4. The molecule has 2 aromatic rings. The average molecular weight is 1270 g/mol. The first kappa shape index (κ1) is 83.5. The maximum absolute atomic E-state index is 12.9. The van der Waals surface area contributed by atoms with Crippen LogP contribution in [0.25, 0.3) is 0 Å². The number of ether oxygens (including phenoxy) is 5. The highest BCUT2D eigenvalue weighted by Gasteiger charge is 2.22. The van der Waals surface area contributed by atoms with Crippen LogP contribution in [-0.2, 0) is 46.1 Å². The number of carbonyl (C=O) groups excluding carboxylic acids is 5. The van der Waals surface area contributed by atoms with Crippen LogP contribution in [0.4, 0.5) is 4.79 Å². The highest BCUT2D eigenvalue weighted by atomic mass is 16.6. The zero-order chi connectivity index (χ0) is 66.4. The van der Waals surface area contributed by atoms with E-state index in [-0.39, 0.29) is 30.0 Å². The average Bonchev–Trinajstić information content (AvgIpc) is 3.67. The lowest BCUT2D eigenvalue weighted by Gasteiger charge is -2.27. The lowest BCUT2D eigenvalue weighted by Crippen LogP contribution is -2.38. The molecule has 0 fully saturated rings. The Morgan fingerprint density at radius 1 is 0.396 bits per heavy atom. The van der Waals surface area contributed by atoms with E-state index in [0.717, 1.165) is 128 Å². The first-order valence-electron chi connectivity index (χ1n) is 36.4. The van der Waals surface area contributed by atoms with Crippen LogP contribution in [0.15, 0.2) is 97.1 Å². The lowest BCUT2D eigenvalue weighted by atomic mass is 10.0. The summed E-state index contributed by atoms with van der Waals surface area (Å²) in [7, 11) is 0. The van der Waals surface area contributed by atoms with E-state index in [1.54, 1.807) is 6.07 Å². The molecule has 1 amide bonds. The normalized spacial score (nSPS) is 11.6. The number of amides is 1. The number of carbonyl (C=O) groups is 5. The first-order valence-corrected chi connectivity index (χ1v) is 36.4. The van der Waals surface area contributed by atoms with Gasteiger partial charge in [-0.3, -0.25) is 9.59 Å². The Hall–Kier alpha value is -5.49. The molecule has 0 spiro atoms. The first-order chi connectivity index (χ1) is 44.3. The monoisotopic (exact) mass is 1270 g/mol. The van der Waals surface area contributed by atoms with Gasteiger partial charge in [-0.15, -0.1) is 0 Å². The summed E-state index contributed by atoms with van der Waals surface area (Å²) in [5, 5.41) is 3.54. The van der Waals surface area contributed by atoms with E-state index in [0.29, 0.717) is 63.5 Å². The van der Waals surface area contributed by atoms with Gasteiger partial charge in [-0.1, -0.05) is 216 Å². The minimum Gasteiger partial charge on any atom is -0.461 e. The molecule has 0 heterocycles. The van der Waals surface area contributed by atoms with Gasteiger partial charge in [-0.2, -0.15) is 0 Å². The summed E-state index contributed by atoms with van der Waals surface area (Å²) in [4.78, 5) is 63.5. The third-order valence-electron chi connectivity index (χ3n) is 15.6. The third kappa shape index (κ3) is 53.7. The van der Waals surface area contributed by atoms with Gasteiger partial charge in [0.1, 0.15) is 32.0 Å². The van der Waals surface area contributed by atoms with Crippen molar-refractivity contribution >= 4 is 30.0 Å². The molecule has 2 aromatic carbocycles. The lowest BCUT2D eigenvalue weighted by molar-refractivity contribution is -0.143. The molecule has 0 saturated carbocycles. The van der Waals surface area contributed by atoms with Crippen molar-refractivity contribution in [2.75, 3.05) is 52.6 Å². The molecule has 2 rings (SSSR count). The van der Waals surface area contributed by atoms with Crippen molar-refractivity contribution in [2.45, 2.75) is 298 Å². The van der Waals surface area contributed by atoms with Crippen LogP contribution in [0.2, 0.25) is 0 Å². The van der Waals surface area contributed by atoms with Crippen molar-refractivity contribution in [1.29, 1.82) is 0 Å². The van der Waals surface area contributed by atoms with Crippen molar-refractivity contribution < 1.29 is 47.7 Å². The maximum Gasteiger partial charge on any atom is 0.410 e. The van der Waals surface area contributed by atoms with Crippen LogP contribution < -0.4 is 5.32 Å². The van der Waals surface area contributed by atoms with E-state index in [1.807, 2.05) is 86.4 Å². The number of allylic oxidation sites excluding steroid dienone is 4. The van der Waals surface area contributed by atoms with E-state index in [4.69, 9.17) is 23.7 Å². The minimum atomic E-state index is -0.548. The van der Waals surface area contributed by atoms with E-state index in [1.165, 1.54) is 128 Å². The van der Waals surface area contributed by atoms with E-state index in [2.05, 4.69) is 63.4 Å². The molecule has 0 aliphatic rings. The van der Waals surface area contributed by atoms with Gasteiger partial charge in [0, 0.05) is 25.9 Å². The van der Waals surface area contributed by atoms with Gasteiger partial charge >= 0.3 is 30.0 Å². The van der Waals surface area contributed by atoms with Crippen LogP contribution in [0.3, 0.4) is 0 Å². The molecule has 0 bridgehead atoms. The summed E-state index contributed by atoms with van der Waals surface area (Å²) in [6.45, 7) is 19.3. The summed E-state index contributed by atoms with van der Waals surface area (Å²) in [5.74, 6) is -0.750. The van der Waals surface area contributed by atoms with Crippen LogP contribution in [0.1, 0.15) is 311 Å². The SMILES string of the molecule is CCCCCC/C=C\COC(=O)CCCCCCCN(CCCCc1cccc(C(=O)OC/C=C\CCCCCC)c1)C(=O)OC(C)(C)C.CCCCCC/C=C\COC(=O)CCCCCCCNCCCCc1cccc(C(=O)OC/C=C\CCCCCC)c1. The standard InChI is InChI=1S/C42H69NO6.C37H61NO4/c1-6-8-10-12-14-19-25-34-47-39(44)31-21-17-16-18-23-32-43(41(46)49-42(3,4)5)33-24-22-28-37-29-27-30-38(36-37)40(45)48-35-26-20-15-13-11-9-7-2;1-3-5-7-9-11-16-22-31-41-36(39)28-18-14-13-15-20-29-38-30-21-19-25-34-26-24-27-35(33-34)37(40)42-32-23-17-12-10-8-6-4-2/h19-20,25-27,29-30,36H,6-18,21-24,28,31-35H2,1-5H3;16-17,22-24,26-27,33,38H,3-15,18-21,25,28-32H2,1-2H3/b25-19-,26-20-;22-16-,23-17-. The van der Waals surface area contributed by atoms with Crippen LogP contribution in [-0.4, -0.2) is 93.1 Å². The summed E-state index contributed by atoms with van der Waals surface area (Å²) >= 11 is 0. The number of nitrogens with zero attached hydrogens (tertiary/aromatic N) is 1. The number of aryl methyl sites for hydroxylation is 2. The Kier molecular flexibility index (Phi) is 55.7. The maximum atomic E-state index is 12.9. The van der Waals surface area contributed by atoms with E-state index < -0.39 is 5.60 Å². The van der Waals surface area contributed by atoms with Gasteiger partial charge in [-0.05, 0) is 185 Å². The molecular formula is C79H130N2O10. The molecule has 91 heavy (non-hydrogen) atoms. The van der Waals surface area contributed by atoms with E-state index >= 15 is 0 Å². The molecule has 0 atom stereocenters. The Morgan fingerprint density at radius 2 is 0.736 bits per heavy atom. The quantitative estimate of drug-likeness (QED) is 0.0292. The van der Waals surface area contributed by atoms with Crippen LogP contribution in [0, 0.1) is 0 Å². The van der Waals surface area contributed by atoms with Gasteiger partial charge < -0.3 is 33.9 Å². The number of benzene rings is 2. The molecule has 1 N–H and O–H groups in total. The molecule has 0 aromatic heterocycles. The predicted octanol–water partition coefficient (Wildman–Crippen LogP) is 21.0. The van der Waals surface area contributed by atoms with Crippen LogP contribution in [0.5, 0.6) is 0 Å². The van der Waals surface area contributed by atoms with E-state index in [9.17, 15) is 24.0 Å². The summed E-state index contributed by atoms with van der Waals surface area (Å²) in [6.07, 6.45) is 57.1. The number of hydrogen-bond donors (Lipinski definition) is 1. The van der Waals surface area contributed by atoms with Crippen molar-refractivity contribution in [3.8, 4) is 0 Å². The summed E-state index contributed by atoms with van der Waals surface area (Å²) in [6, 6.07) is 15.5. The number of unbranched alkanes of at least 4 members (excludes halogenated alkanes) is 26. The zero-order valence-corrected chi connectivity index (χ0v) is 58.8. The minimum absolute atomic E-state index is 0.0739. The number of rotatable bonds is 56. The van der Waals surface area contributed by atoms with Crippen molar-refractivity contribution in [3.63, 3.8) is 0 Å². The molecule has 0 unspecified atom stereocenters. The predicted molar refractivity (Wildman–Crippen MR) is 379 cm³/mol. The largest absolute Gasteiger partial charge is 0.461 e. The number of hydrogen-bond acceptors (Lipinski definition) is 11. The molecular weight excluding hydrogens is 1140 g/mol. The van der Waals surface area contributed by atoms with Crippen LogP contribution >= 0.6 is 0 Å². The molecule has 0 aliphatic heterocycles. The van der Waals surface area contributed by atoms with Crippen molar-refractivity contribution in [3.05, 3.63) is 119 Å². The molecule has 12 heteroatoms. The van der Waals surface area contributed by atoms with Gasteiger partial charge in [-0.25, -0.2) is 14.4 Å². The fraction of sp³-hybridized carbons (Fsp3) is 0.684. The fourth-order valence-electron chi connectivity index (χ4n) is 10.2. The Labute approximate surface area is 555 Å². The second-order valence-electron chi connectivity index (χ2n) is 25.4. The van der Waals surface area contributed by atoms with Gasteiger partial charge in [0.05, 0.1) is 11.1 Å². The molecule has 516 valence electrons. The zero-order valence-electron chi connectivity index (χ0n) is 58.8. The highest BCUT2D eigenvalue weighted by Crippen LogP contribution is 2.17. The molecule has 0 saturated heterocycles. The fourth-order valence-corrected chi connectivity index (χ4v) is 10.2. The molecule has 0 aliphatic carbocycles. The Bertz CT molecular complexity index is 2230. The topological polar surface area (TPSA) is 147 Å². The summed E-state index contributed by atoms with van der Waals surface area (Å²) < 4.78 is 27.1.